The van der Waals surface area contributed by atoms with Crippen LogP contribution >= 0.6 is 0 Å². The van der Waals surface area contributed by atoms with E-state index in [1.54, 1.807) is 36.0 Å². The zero-order valence-electron chi connectivity index (χ0n) is 28.1. The van der Waals surface area contributed by atoms with Crippen LogP contribution in [0.4, 0.5) is 9.59 Å². The summed E-state index contributed by atoms with van der Waals surface area (Å²) in [5.41, 5.74) is 5.64. The van der Waals surface area contributed by atoms with Crippen LogP contribution in [0.2, 0.25) is 0 Å². The van der Waals surface area contributed by atoms with Crippen molar-refractivity contribution in [1.82, 2.24) is 40.4 Å². The summed E-state index contributed by atoms with van der Waals surface area (Å²) < 4.78 is 0. The molecule has 0 saturated carbocycles. The van der Waals surface area contributed by atoms with E-state index in [2.05, 4.69) is 30.6 Å². The lowest BCUT2D eigenvalue weighted by molar-refractivity contribution is -0.135. The first-order chi connectivity index (χ1) is 24.2. The van der Waals surface area contributed by atoms with E-state index >= 15 is 0 Å². The number of carboxylic acid groups (broad SMARTS) is 2. The Morgan fingerprint density at radius 1 is 0.680 bits per heavy atom. The van der Waals surface area contributed by atoms with Gasteiger partial charge >= 0.3 is 12.2 Å². The molecule has 50 heavy (non-hydrogen) atoms. The van der Waals surface area contributed by atoms with Crippen molar-refractivity contribution in [2.75, 3.05) is 13.1 Å². The molecule has 6 N–H and O–H groups in total. The van der Waals surface area contributed by atoms with Crippen LogP contribution in [0, 0.1) is 0 Å². The van der Waals surface area contributed by atoms with Crippen molar-refractivity contribution in [3.63, 3.8) is 0 Å². The van der Waals surface area contributed by atoms with Gasteiger partial charge in [0.1, 0.15) is 23.7 Å². The Morgan fingerprint density at radius 3 is 1.38 bits per heavy atom. The van der Waals surface area contributed by atoms with Crippen molar-refractivity contribution in [3.8, 4) is 33.6 Å². The van der Waals surface area contributed by atoms with Crippen LogP contribution in [0.15, 0.2) is 60.9 Å². The number of carbonyl (C=O) groups excluding carboxylic acids is 2. The number of nitrogens with zero attached hydrogens (tertiary/aromatic N) is 4. The summed E-state index contributed by atoms with van der Waals surface area (Å²) in [4.78, 5) is 68.0. The van der Waals surface area contributed by atoms with Crippen LogP contribution in [-0.2, 0) is 9.59 Å². The molecule has 4 atom stereocenters. The number of H-pyrrole nitrogens is 2. The molecule has 0 radical (unpaired) electrons. The van der Waals surface area contributed by atoms with E-state index in [0.29, 0.717) is 37.6 Å². The predicted octanol–water partition coefficient (Wildman–Crippen LogP) is 5.55. The third-order valence-corrected chi connectivity index (χ3v) is 9.63. The predicted molar refractivity (Wildman–Crippen MR) is 185 cm³/mol. The average molecular weight is 683 g/mol. The fourth-order valence-corrected chi connectivity index (χ4v) is 6.99. The van der Waals surface area contributed by atoms with E-state index < -0.39 is 24.3 Å². The Kier molecular flexibility index (Phi) is 10.2. The molecule has 262 valence electrons. The largest absolute Gasteiger partial charge is 0.465 e. The Hall–Kier alpha value is -5.66. The second-order valence-electron chi connectivity index (χ2n) is 12.7. The number of aromatic amines is 2. The van der Waals surface area contributed by atoms with Gasteiger partial charge in [-0.2, -0.15) is 0 Å². The molecule has 0 spiro atoms. The fraction of sp³-hybridized carbons (Fsp3) is 0.389. The Bertz CT molecular complexity index is 1700. The number of benzene rings is 2. The average Bonchev–Trinajstić information content (AvgIpc) is 3.95. The van der Waals surface area contributed by atoms with Crippen molar-refractivity contribution >= 4 is 24.0 Å². The number of carbonyl (C=O) groups is 4. The van der Waals surface area contributed by atoms with Crippen molar-refractivity contribution in [2.24, 2.45) is 0 Å². The van der Waals surface area contributed by atoms with Gasteiger partial charge in [-0.3, -0.25) is 9.59 Å². The molecule has 2 aliphatic rings. The molecule has 2 aliphatic heterocycles. The molecular formula is C36H42N8O6. The molecular weight excluding hydrogens is 640 g/mol. The maximum absolute atomic E-state index is 13.1. The van der Waals surface area contributed by atoms with Crippen molar-refractivity contribution in [1.29, 1.82) is 0 Å². The Morgan fingerprint density at radius 2 is 1.04 bits per heavy atom. The molecule has 0 bridgehead atoms. The van der Waals surface area contributed by atoms with E-state index in [1.165, 1.54) is 0 Å². The monoisotopic (exact) mass is 682 g/mol. The zero-order chi connectivity index (χ0) is 35.4. The number of likely N-dealkylation sites (tertiary alicyclic amines) is 2. The Labute approximate surface area is 289 Å². The molecule has 2 saturated heterocycles. The van der Waals surface area contributed by atoms with E-state index in [-0.39, 0.29) is 23.9 Å². The van der Waals surface area contributed by atoms with Crippen LogP contribution < -0.4 is 10.6 Å². The van der Waals surface area contributed by atoms with Gasteiger partial charge in [-0.1, -0.05) is 62.4 Å². The van der Waals surface area contributed by atoms with Crippen molar-refractivity contribution in [2.45, 2.75) is 76.5 Å². The van der Waals surface area contributed by atoms with Crippen LogP contribution in [0.5, 0.6) is 0 Å². The van der Waals surface area contributed by atoms with Gasteiger partial charge < -0.3 is 40.6 Å². The Balaban J connectivity index is 1.11. The second-order valence-corrected chi connectivity index (χ2v) is 12.7. The minimum atomic E-state index is -1.21. The maximum Gasteiger partial charge on any atom is 0.405 e. The van der Waals surface area contributed by atoms with Gasteiger partial charge in [0.25, 0.3) is 0 Å². The molecule has 4 amide bonds. The fourth-order valence-electron chi connectivity index (χ4n) is 6.99. The minimum Gasteiger partial charge on any atom is -0.465 e. The maximum atomic E-state index is 13.1. The summed E-state index contributed by atoms with van der Waals surface area (Å²) in [5, 5.41) is 22.9. The summed E-state index contributed by atoms with van der Waals surface area (Å²) in [5.74, 6) is 0.905. The van der Waals surface area contributed by atoms with Crippen LogP contribution in [0.25, 0.3) is 33.6 Å². The number of nitrogens with one attached hydrogen (secondary N) is 4. The van der Waals surface area contributed by atoms with E-state index in [1.807, 2.05) is 48.5 Å². The van der Waals surface area contributed by atoms with Crippen molar-refractivity contribution in [3.05, 3.63) is 72.6 Å². The van der Waals surface area contributed by atoms with Crippen LogP contribution in [0.1, 0.15) is 76.1 Å². The number of amides is 4. The normalized spacial score (nSPS) is 18.5. The highest BCUT2D eigenvalue weighted by Gasteiger charge is 2.37. The molecule has 14 nitrogen and oxygen atoms in total. The number of rotatable bonds is 11. The number of imidazole rings is 2. The topological polar surface area (TPSA) is 197 Å². The number of hydrogen-bond acceptors (Lipinski definition) is 6. The molecule has 6 rings (SSSR count). The first-order valence-electron chi connectivity index (χ1n) is 17.1. The summed E-state index contributed by atoms with van der Waals surface area (Å²) in [6.07, 6.45) is 4.99. The van der Waals surface area contributed by atoms with Crippen LogP contribution in [0.3, 0.4) is 0 Å². The second kappa shape index (κ2) is 14.8. The number of hydrogen-bond donors (Lipinski definition) is 6. The molecule has 2 aromatic heterocycles. The highest BCUT2D eigenvalue weighted by atomic mass is 16.4. The van der Waals surface area contributed by atoms with Crippen molar-refractivity contribution < 1.29 is 29.4 Å². The first kappa shape index (κ1) is 34.2. The van der Waals surface area contributed by atoms with E-state index in [9.17, 15) is 19.2 Å². The highest BCUT2D eigenvalue weighted by Crippen LogP contribution is 2.34. The van der Waals surface area contributed by atoms with Gasteiger partial charge in [0.05, 0.1) is 35.9 Å². The molecule has 2 aromatic carbocycles. The summed E-state index contributed by atoms with van der Waals surface area (Å²) in [6.45, 7) is 4.68. The van der Waals surface area contributed by atoms with Gasteiger partial charge in [-0.15, -0.1) is 0 Å². The SMILES string of the molecule is CC[C@@H](NC(=O)O)C(=O)N1CCC[C@H]1c1ncc(-c2ccc(-c3ccc(-c4cnc([C@@H]5CCCN5C(=O)[C@@H](CC)NC(=O)O)[nH]4)cc3)cc2)[nH]1. The molecule has 2 fully saturated rings. The van der Waals surface area contributed by atoms with E-state index in [4.69, 9.17) is 10.2 Å². The highest BCUT2D eigenvalue weighted by molar-refractivity contribution is 5.86. The van der Waals surface area contributed by atoms with Gasteiger partial charge in [-0.05, 0) is 60.8 Å². The zero-order valence-corrected chi connectivity index (χ0v) is 28.1. The lowest BCUT2D eigenvalue weighted by Crippen LogP contribution is -2.47. The van der Waals surface area contributed by atoms with Crippen LogP contribution in [-0.4, -0.2) is 89.1 Å². The van der Waals surface area contributed by atoms with E-state index in [0.717, 1.165) is 59.3 Å². The van der Waals surface area contributed by atoms with Gasteiger partial charge in [0, 0.05) is 13.1 Å². The summed E-state index contributed by atoms with van der Waals surface area (Å²) >= 11 is 0. The molecule has 0 aliphatic carbocycles. The standard InChI is InChI=1S/C36H42N8O6/c1-3-25(41-35(47)48)33(45)43-17-5-7-29(43)31-37-19-27(39-31)23-13-9-21(10-14-23)22-11-15-24(16-12-22)28-20-38-32(40-28)30-8-6-18-44(30)34(46)26(4-2)42-36(49)50/h9-16,19-20,25-26,29-30,41-42H,3-8,17-18H2,1-2H3,(H,37,39)(H,38,40)(H,47,48)(H,49,50)/t25-,26-,29+,30+/m1/s1. The summed E-state index contributed by atoms with van der Waals surface area (Å²) in [7, 11) is 0. The number of aromatic nitrogens is 4. The molecule has 14 heteroatoms. The van der Waals surface area contributed by atoms with Gasteiger partial charge in [-0.25, -0.2) is 19.6 Å². The smallest absolute Gasteiger partial charge is 0.405 e. The lowest BCUT2D eigenvalue weighted by atomic mass is 10.0. The molecule has 4 aromatic rings. The third-order valence-electron chi connectivity index (χ3n) is 9.63. The summed E-state index contributed by atoms with van der Waals surface area (Å²) in [6, 6.07) is 14.2. The lowest BCUT2D eigenvalue weighted by Gasteiger charge is -2.27. The molecule has 0 unspecified atom stereocenters. The first-order valence-corrected chi connectivity index (χ1v) is 17.1. The van der Waals surface area contributed by atoms with Gasteiger partial charge in [0.2, 0.25) is 11.8 Å². The quantitative estimate of drug-likeness (QED) is 0.118. The third kappa shape index (κ3) is 7.19. The molecule has 4 heterocycles. The minimum absolute atomic E-state index is 0.233. The van der Waals surface area contributed by atoms with Gasteiger partial charge in [0.15, 0.2) is 0 Å².